The standard InChI is InChI=1S/C19H18N2O3/c1-13(2)24-18-9-3-14(4-10-18)11-15(12-20)19(23)21-16-5-7-17(22)8-6-16/h3-11,13,22H,1-2H3,(H,21,23)/b15-11+. The van der Waals surface area contributed by atoms with E-state index in [9.17, 15) is 15.2 Å². The van der Waals surface area contributed by atoms with E-state index in [1.165, 1.54) is 18.2 Å². The molecule has 0 atom stereocenters. The molecule has 0 aliphatic heterocycles. The number of rotatable bonds is 5. The third-order valence-electron chi connectivity index (χ3n) is 3.05. The Kier molecular flexibility index (Phi) is 5.58. The van der Waals surface area contributed by atoms with Crippen LogP contribution in [-0.4, -0.2) is 17.1 Å². The van der Waals surface area contributed by atoms with Crippen molar-refractivity contribution in [3.8, 4) is 17.6 Å². The van der Waals surface area contributed by atoms with Crippen LogP contribution in [0.3, 0.4) is 0 Å². The summed E-state index contributed by atoms with van der Waals surface area (Å²) < 4.78 is 5.55. The third kappa shape index (κ3) is 4.89. The molecule has 2 N–H and O–H groups in total. The van der Waals surface area contributed by atoms with E-state index in [-0.39, 0.29) is 17.4 Å². The molecule has 0 unspecified atom stereocenters. The van der Waals surface area contributed by atoms with Gasteiger partial charge in [0.05, 0.1) is 6.10 Å². The first-order valence-electron chi connectivity index (χ1n) is 7.47. The van der Waals surface area contributed by atoms with E-state index in [2.05, 4.69) is 5.32 Å². The molecule has 2 aromatic carbocycles. The van der Waals surface area contributed by atoms with Crippen molar-refractivity contribution in [1.29, 1.82) is 5.26 Å². The molecule has 0 spiro atoms. The summed E-state index contributed by atoms with van der Waals surface area (Å²) in [5, 5.41) is 21.1. The van der Waals surface area contributed by atoms with E-state index in [4.69, 9.17) is 4.74 Å². The number of nitriles is 1. The molecule has 0 aromatic heterocycles. The molecule has 122 valence electrons. The third-order valence-corrected chi connectivity index (χ3v) is 3.05. The monoisotopic (exact) mass is 322 g/mol. The number of carbonyl (C=O) groups excluding carboxylic acids is 1. The average Bonchev–Trinajstić information content (AvgIpc) is 2.55. The number of phenolic OH excluding ortho intramolecular Hbond substituents is 1. The van der Waals surface area contributed by atoms with Crippen LogP contribution >= 0.6 is 0 Å². The van der Waals surface area contributed by atoms with Crippen LogP contribution in [0.4, 0.5) is 5.69 Å². The van der Waals surface area contributed by atoms with Gasteiger partial charge in [-0.05, 0) is 61.9 Å². The SMILES string of the molecule is CC(C)Oc1ccc(/C=C(\C#N)C(=O)Nc2ccc(O)cc2)cc1. The van der Waals surface area contributed by atoms with E-state index < -0.39 is 5.91 Å². The van der Waals surface area contributed by atoms with E-state index in [1.807, 2.05) is 19.9 Å². The van der Waals surface area contributed by atoms with Crippen LogP contribution < -0.4 is 10.1 Å². The number of amides is 1. The van der Waals surface area contributed by atoms with Crippen molar-refractivity contribution < 1.29 is 14.6 Å². The van der Waals surface area contributed by atoms with E-state index in [1.54, 1.807) is 36.4 Å². The highest BCUT2D eigenvalue weighted by molar-refractivity contribution is 6.09. The van der Waals surface area contributed by atoms with Gasteiger partial charge in [0.15, 0.2) is 0 Å². The Morgan fingerprint density at radius 1 is 1.17 bits per heavy atom. The summed E-state index contributed by atoms with van der Waals surface area (Å²) in [5.41, 5.74) is 1.21. The van der Waals surface area contributed by atoms with Gasteiger partial charge in [-0.2, -0.15) is 5.26 Å². The van der Waals surface area contributed by atoms with Gasteiger partial charge in [-0.1, -0.05) is 12.1 Å². The van der Waals surface area contributed by atoms with Crippen molar-refractivity contribution in [2.24, 2.45) is 0 Å². The number of aromatic hydroxyl groups is 1. The highest BCUT2D eigenvalue weighted by Crippen LogP contribution is 2.17. The number of anilines is 1. The van der Waals surface area contributed by atoms with E-state index in [0.717, 1.165) is 11.3 Å². The van der Waals surface area contributed by atoms with Crippen LogP contribution in [0.25, 0.3) is 6.08 Å². The van der Waals surface area contributed by atoms with Crippen LogP contribution in [-0.2, 0) is 4.79 Å². The van der Waals surface area contributed by atoms with Gasteiger partial charge in [-0.15, -0.1) is 0 Å². The fourth-order valence-corrected chi connectivity index (χ4v) is 1.97. The molecule has 1 amide bonds. The second-order valence-electron chi connectivity index (χ2n) is 5.41. The van der Waals surface area contributed by atoms with E-state index in [0.29, 0.717) is 5.69 Å². The van der Waals surface area contributed by atoms with Crippen molar-refractivity contribution in [1.82, 2.24) is 0 Å². The molecule has 0 aliphatic carbocycles. The van der Waals surface area contributed by atoms with Crippen molar-refractivity contribution in [2.75, 3.05) is 5.32 Å². The van der Waals surface area contributed by atoms with Crippen molar-refractivity contribution in [3.05, 3.63) is 59.7 Å². The second-order valence-corrected chi connectivity index (χ2v) is 5.41. The summed E-state index contributed by atoms with van der Waals surface area (Å²) >= 11 is 0. The number of ether oxygens (including phenoxy) is 1. The summed E-state index contributed by atoms with van der Waals surface area (Å²) in [6.45, 7) is 3.88. The molecular formula is C19H18N2O3. The number of nitrogens with zero attached hydrogens (tertiary/aromatic N) is 1. The van der Waals surface area contributed by atoms with Crippen LogP contribution in [0.1, 0.15) is 19.4 Å². The smallest absolute Gasteiger partial charge is 0.266 e. The normalized spacial score (nSPS) is 11.0. The predicted octanol–water partition coefficient (Wildman–Crippen LogP) is 3.73. The first-order chi connectivity index (χ1) is 11.5. The Balaban J connectivity index is 2.11. The van der Waals surface area contributed by atoms with Crippen molar-refractivity contribution in [3.63, 3.8) is 0 Å². The molecule has 0 radical (unpaired) electrons. The van der Waals surface area contributed by atoms with Gasteiger partial charge in [-0.3, -0.25) is 4.79 Å². The van der Waals surface area contributed by atoms with Crippen LogP contribution in [0.2, 0.25) is 0 Å². The van der Waals surface area contributed by atoms with Gasteiger partial charge in [0.2, 0.25) is 0 Å². The van der Waals surface area contributed by atoms with Gasteiger partial charge < -0.3 is 15.2 Å². The number of phenols is 1. The largest absolute Gasteiger partial charge is 0.508 e. The van der Waals surface area contributed by atoms with Crippen molar-refractivity contribution in [2.45, 2.75) is 20.0 Å². The Labute approximate surface area is 140 Å². The molecule has 5 heteroatoms. The zero-order valence-electron chi connectivity index (χ0n) is 13.5. The molecule has 0 saturated carbocycles. The zero-order chi connectivity index (χ0) is 17.5. The lowest BCUT2D eigenvalue weighted by Crippen LogP contribution is -2.13. The van der Waals surface area contributed by atoms with Crippen LogP contribution in [0.15, 0.2) is 54.1 Å². The molecule has 0 bridgehead atoms. The number of carbonyl (C=O) groups is 1. The maximum atomic E-state index is 12.2. The predicted molar refractivity (Wildman–Crippen MR) is 92.5 cm³/mol. The van der Waals surface area contributed by atoms with Crippen LogP contribution in [0, 0.1) is 11.3 Å². The average molecular weight is 322 g/mol. The number of benzene rings is 2. The minimum atomic E-state index is -0.509. The molecule has 2 rings (SSSR count). The molecule has 0 saturated heterocycles. The molecular weight excluding hydrogens is 304 g/mol. The summed E-state index contributed by atoms with van der Waals surface area (Å²) in [5.74, 6) is 0.327. The first-order valence-corrected chi connectivity index (χ1v) is 7.47. The lowest BCUT2D eigenvalue weighted by atomic mass is 10.1. The molecule has 0 aliphatic rings. The highest BCUT2D eigenvalue weighted by Gasteiger charge is 2.09. The molecule has 0 fully saturated rings. The van der Waals surface area contributed by atoms with Gasteiger partial charge in [0, 0.05) is 5.69 Å². The van der Waals surface area contributed by atoms with Crippen molar-refractivity contribution >= 4 is 17.7 Å². The molecule has 5 nitrogen and oxygen atoms in total. The van der Waals surface area contributed by atoms with Gasteiger partial charge in [0.1, 0.15) is 23.1 Å². The Bertz CT molecular complexity index is 770. The minimum Gasteiger partial charge on any atom is -0.508 e. The second kappa shape index (κ2) is 7.84. The fourth-order valence-electron chi connectivity index (χ4n) is 1.97. The quantitative estimate of drug-likeness (QED) is 0.499. The first kappa shape index (κ1) is 17.1. The maximum Gasteiger partial charge on any atom is 0.266 e. The minimum absolute atomic E-state index is 0.0133. The number of hydrogen-bond acceptors (Lipinski definition) is 4. The zero-order valence-corrected chi connectivity index (χ0v) is 13.5. The lowest BCUT2D eigenvalue weighted by Gasteiger charge is -2.09. The van der Waals surface area contributed by atoms with E-state index >= 15 is 0 Å². The van der Waals surface area contributed by atoms with Crippen LogP contribution in [0.5, 0.6) is 11.5 Å². The van der Waals surface area contributed by atoms with Gasteiger partial charge >= 0.3 is 0 Å². The fraction of sp³-hybridized carbons (Fsp3) is 0.158. The van der Waals surface area contributed by atoms with Gasteiger partial charge in [-0.25, -0.2) is 0 Å². The Morgan fingerprint density at radius 3 is 2.33 bits per heavy atom. The molecule has 2 aromatic rings. The summed E-state index contributed by atoms with van der Waals surface area (Å²) in [6.07, 6.45) is 1.59. The maximum absolute atomic E-state index is 12.2. The topological polar surface area (TPSA) is 82.3 Å². The lowest BCUT2D eigenvalue weighted by molar-refractivity contribution is -0.112. The number of hydrogen-bond donors (Lipinski definition) is 2. The summed E-state index contributed by atoms with van der Waals surface area (Å²) in [4.78, 5) is 12.2. The summed E-state index contributed by atoms with van der Waals surface area (Å²) in [7, 11) is 0. The Hall–Kier alpha value is -3.26. The van der Waals surface area contributed by atoms with Gasteiger partial charge in [0.25, 0.3) is 5.91 Å². The Morgan fingerprint density at radius 2 is 1.79 bits per heavy atom. The summed E-state index contributed by atoms with van der Waals surface area (Å²) in [6, 6.07) is 15.1. The molecule has 24 heavy (non-hydrogen) atoms. The number of nitrogens with one attached hydrogen (secondary N) is 1. The molecule has 0 heterocycles. The highest BCUT2D eigenvalue weighted by atomic mass is 16.5.